The van der Waals surface area contributed by atoms with E-state index in [1.54, 1.807) is 52.0 Å². The number of carbonyl (C=O) groups excluding carboxylic acids is 6. The maximum atomic E-state index is 16.5. The van der Waals surface area contributed by atoms with Crippen LogP contribution < -0.4 is 29.6 Å². The third kappa shape index (κ3) is 14.1. The van der Waals surface area contributed by atoms with Crippen LogP contribution in [0, 0.1) is 11.8 Å². The molecule has 0 bridgehead atoms. The van der Waals surface area contributed by atoms with Crippen LogP contribution >= 0.6 is 0 Å². The number of nitrogens with one attached hydrogen (secondary N) is 2. The number of epoxide rings is 2. The maximum absolute atomic E-state index is 16.5. The normalized spacial score (nSPS) is 20.7. The van der Waals surface area contributed by atoms with Crippen LogP contribution in [0.2, 0.25) is 0 Å². The Balaban J connectivity index is 1.01. The molecule has 8 atom stereocenters. The Morgan fingerprint density at radius 3 is 0.887 bits per heavy atom. The van der Waals surface area contributed by atoms with Crippen LogP contribution in [-0.4, -0.2) is 120 Å². The summed E-state index contributed by atoms with van der Waals surface area (Å²) in [5.41, 5.74) is 4.38. The van der Waals surface area contributed by atoms with E-state index in [1.165, 1.54) is 0 Å². The molecule has 4 aliphatic heterocycles. The number of rotatable bonds is 26. The fourth-order valence-corrected chi connectivity index (χ4v) is 16.2. The lowest BCUT2D eigenvalue weighted by Crippen LogP contribution is -2.54. The molecule has 18 heteroatoms. The van der Waals surface area contributed by atoms with Crippen LogP contribution in [0.25, 0.3) is 43.1 Å². The molecule has 4 amide bonds. The average molecular weight is 1430 g/mol. The lowest BCUT2D eigenvalue weighted by molar-refractivity contribution is -0.158. The molecule has 106 heavy (non-hydrogen) atoms. The molecule has 18 nitrogen and oxygen atoms in total. The molecule has 8 unspecified atom stereocenters. The second-order valence-electron chi connectivity index (χ2n) is 31.9. The molecule has 4 fully saturated rings. The first kappa shape index (κ1) is 72.1. The Morgan fingerprint density at radius 1 is 0.387 bits per heavy atom. The summed E-state index contributed by atoms with van der Waals surface area (Å²) in [7, 11) is 0. The predicted octanol–water partition coefficient (Wildman–Crippen LogP) is 18.3. The summed E-state index contributed by atoms with van der Waals surface area (Å²) in [4.78, 5) is 98.5. The first-order valence-electron chi connectivity index (χ1n) is 38.3. The highest BCUT2D eigenvalue weighted by atomic mass is 16.6. The number of fused-ring (bicyclic) bond motifs is 2. The zero-order valence-electron chi connectivity index (χ0n) is 62.7. The Morgan fingerprint density at radius 2 is 0.651 bits per heavy atom. The van der Waals surface area contributed by atoms with Crippen molar-refractivity contribution in [2.45, 2.75) is 207 Å². The monoisotopic (exact) mass is 1430 g/mol. The van der Waals surface area contributed by atoms with Gasteiger partial charge in [0, 0.05) is 68.3 Å². The van der Waals surface area contributed by atoms with E-state index in [1.807, 2.05) is 97.1 Å². The highest BCUT2D eigenvalue weighted by Gasteiger charge is 2.49. The smallest absolute Gasteiger partial charge is 0.329 e. The lowest BCUT2D eigenvalue weighted by atomic mass is 9.80. The molecule has 2 aliphatic carbocycles. The number of amides is 4. The number of esters is 2. The number of imide groups is 2. The van der Waals surface area contributed by atoms with Gasteiger partial charge < -0.3 is 48.5 Å². The van der Waals surface area contributed by atoms with Gasteiger partial charge >= 0.3 is 11.9 Å². The second kappa shape index (κ2) is 29.4. The van der Waals surface area contributed by atoms with E-state index in [2.05, 4.69) is 66.0 Å². The molecule has 2 saturated carbocycles. The molecule has 2 saturated heterocycles. The van der Waals surface area contributed by atoms with Crippen molar-refractivity contribution in [1.82, 2.24) is 20.4 Å². The molecule has 9 aromatic carbocycles. The zero-order valence-corrected chi connectivity index (χ0v) is 62.7. The molecule has 6 aliphatic rings. The Bertz CT molecular complexity index is 4340. The largest absolute Gasteiger partial charge is 0.461 e. The molecule has 2 N–H and O–H groups in total. The summed E-state index contributed by atoms with van der Waals surface area (Å²) < 4.78 is 53.3. The van der Waals surface area contributed by atoms with Crippen molar-refractivity contribution in [3.8, 4) is 46.0 Å². The van der Waals surface area contributed by atoms with Gasteiger partial charge in [-0.2, -0.15) is 0 Å². The van der Waals surface area contributed by atoms with Gasteiger partial charge in [0.15, 0.2) is 0 Å². The number of carbonyl (C=O) groups is 6. The molecule has 0 spiro atoms. The van der Waals surface area contributed by atoms with Gasteiger partial charge in [0.2, 0.25) is 0 Å². The van der Waals surface area contributed by atoms with Crippen LogP contribution in [0.5, 0.6) is 46.0 Å². The molecule has 0 radical (unpaired) electrons. The summed E-state index contributed by atoms with van der Waals surface area (Å²) in [5, 5.41) is 9.63. The van der Waals surface area contributed by atoms with E-state index in [0.29, 0.717) is 107 Å². The minimum absolute atomic E-state index is 0.0481. The van der Waals surface area contributed by atoms with E-state index < -0.39 is 71.7 Å². The highest BCUT2D eigenvalue weighted by molar-refractivity contribution is 6.45. The Hall–Kier alpha value is -9.46. The fourth-order valence-electron chi connectivity index (χ4n) is 16.2. The predicted molar refractivity (Wildman–Crippen MR) is 408 cm³/mol. The molecule has 552 valence electrons. The SMILES string of the molecule is CC(C)c1ccc(Oc2cc3c4c(cc(Oc5ccc(C(C)C)cc5)c5c6c(Oc7ccc(C(C)C)cc7)cc7c8c(cc(Oc9ccc(C(C)C)cc9)c(c2c45)c86)C(=O)N(C(C(=O)OC2CCCC(NCC4CO4)C2)C(C)C)C7=O)C(=O)N(C(C(=O)OC2CCCC(NCC4CO4)C2)C(C)C)C3=O)cc1. The number of hydrogen-bond donors (Lipinski definition) is 2. The summed E-state index contributed by atoms with van der Waals surface area (Å²) in [6.07, 6.45) is 5.16. The van der Waals surface area contributed by atoms with Crippen molar-refractivity contribution >= 4 is 78.7 Å². The second-order valence-corrected chi connectivity index (χ2v) is 31.9. The van der Waals surface area contributed by atoms with Crippen LogP contribution in [0.1, 0.15) is 222 Å². The first-order chi connectivity index (χ1) is 51.0. The number of ether oxygens (including phenoxy) is 8. The molecular formula is C88H96N4O14. The van der Waals surface area contributed by atoms with Crippen LogP contribution in [0.4, 0.5) is 0 Å². The molecule has 4 heterocycles. The van der Waals surface area contributed by atoms with E-state index in [4.69, 9.17) is 37.9 Å². The molecule has 15 rings (SSSR count). The van der Waals surface area contributed by atoms with E-state index in [9.17, 15) is 0 Å². The molecule has 9 aromatic rings. The minimum atomic E-state index is -1.38. The van der Waals surface area contributed by atoms with Crippen LogP contribution in [-0.2, 0) is 28.5 Å². The summed E-state index contributed by atoms with van der Waals surface area (Å²) in [5.74, 6) is -2.90. The van der Waals surface area contributed by atoms with E-state index >= 15 is 28.8 Å². The van der Waals surface area contributed by atoms with E-state index in [-0.39, 0.29) is 104 Å². The third-order valence-electron chi connectivity index (χ3n) is 22.3. The van der Waals surface area contributed by atoms with Gasteiger partial charge in [0.1, 0.15) is 70.3 Å². The van der Waals surface area contributed by atoms with Gasteiger partial charge in [0.05, 0.1) is 47.7 Å². The van der Waals surface area contributed by atoms with Crippen molar-refractivity contribution in [2.75, 3.05) is 26.3 Å². The quantitative estimate of drug-likeness (QED) is 0.0170. The third-order valence-corrected chi connectivity index (χ3v) is 22.3. The number of nitrogens with zero attached hydrogens (tertiary/aromatic N) is 2. The number of benzene rings is 9. The maximum Gasteiger partial charge on any atom is 0.329 e. The van der Waals surface area contributed by atoms with Gasteiger partial charge in [-0.1, -0.05) is 132 Å². The molecular weight excluding hydrogens is 1340 g/mol. The van der Waals surface area contributed by atoms with Gasteiger partial charge in [0.25, 0.3) is 23.6 Å². The summed E-state index contributed by atoms with van der Waals surface area (Å²) in [6.45, 7) is 26.9. The Kier molecular flexibility index (Phi) is 20.0. The van der Waals surface area contributed by atoms with Gasteiger partial charge in [-0.3, -0.25) is 29.0 Å². The van der Waals surface area contributed by atoms with Crippen molar-refractivity contribution < 1.29 is 66.7 Å². The van der Waals surface area contributed by atoms with Gasteiger partial charge in [-0.05, 0) is 182 Å². The fraction of sp³-hybridized carbons (Fsp3) is 0.432. The lowest BCUT2D eigenvalue weighted by Gasteiger charge is -2.38. The van der Waals surface area contributed by atoms with Crippen LogP contribution in [0.3, 0.4) is 0 Å². The van der Waals surface area contributed by atoms with Crippen molar-refractivity contribution in [2.24, 2.45) is 11.8 Å². The topological polar surface area (TPSA) is 213 Å². The van der Waals surface area contributed by atoms with Crippen molar-refractivity contribution in [3.63, 3.8) is 0 Å². The minimum Gasteiger partial charge on any atom is -0.461 e. The summed E-state index contributed by atoms with van der Waals surface area (Å²) >= 11 is 0. The van der Waals surface area contributed by atoms with Gasteiger partial charge in [-0.25, -0.2) is 9.59 Å². The summed E-state index contributed by atoms with van der Waals surface area (Å²) in [6, 6.07) is 34.7. The molecule has 0 aromatic heterocycles. The number of hydrogen-bond acceptors (Lipinski definition) is 16. The standard InChI is InChI=1S/C88H96N4O14/c1-45(2)51-19-27-57(28-20-51)101-69-37-65-73-66(84(94)91(83(65)93)81(49(9)10)87(97)105-61-17-13-15-55(35-61)89-41-63-43-99-63)39-71(103-59-31-23-53(24-32-59)47(5)6)77-78-72(104-60-33-25-54(26-34-60)48(7)8)40-68-74-67(38-70(76(80(74)78)75(69)79(73)77)102-58-29-21-52(22-30-58)46(3)4)85(95)92(86(68)96)82(50(11)12)88(98)106-62-18-14-16-56(36-62)90-42-64-44-100-64/h19-34,37-40,45-50,55-56,61-64,81-82,89-90H,13-18,35-36,41-44H2,1-12H3. The van der Waals surface area contributed by atoms with Crippen molar-refractivity contribution in [1.29, 1.82) is 0 Å². The van der Waals surface area contributed by atoms with E-state index in [0.717, 1.165) is 57.7 Å². The first-order valence-corrected chi connectivity index (χ1v) is 38.3. The van der Waals surface area contributed by atoms with Crippen LogP contribution in [0.15, 0.2) is 121 Å². The highest BCUT2D eigenvalue weighted by Crippen LogP contribution is 2.58. The van der Waals surface area contributed by atoms with Gasteiger partial charge in [-0.15, -0.1) is 0 Å². The van der Waals surface area contributed by atoms with Crippen molar-refractivity contribution in [3.05, 3.63) is 166 Å². The Labute approximate surface area is 619 Å². The zero-order chi connectivity index (χ0) is 74.3. The average Bonchev–Trinajstić information content (AvgIpc) is 0.809.